The summed E-state index contributed by atoms with van der Waals surface area (Å²) < 4.78 is 15.8. The largest absolute Gasteiger partial charge is 0.493 e. The van der Waals surface area contributed by atoms with E-state index in [4.69, 9.17) is 14.2 Å². The van der Waals surface area contributed by atoms with Crippen LogP contribution in [0.25, 0.3) is 0 Å². The van der Waals surface area contributed by atoms with Crippen molar-refractivity contribution in [3.8, 4) is 17.2 Å². The van der Waals surface area contributed by atoms with Crippen LogP contribution in [0.15, 0.2) is 30.5 Å². The van der Waals surface area contributed by atoms with Gasteiger partial charge in [0.2, 0.25) is 5.75 Å². The molecule has 0 fully saturated rings. The standard InChI is InChI=1S/C18H23N3O5/c1-11(22)9-19-16-6-5-13(10-20-16)21-18(23)12-7-14(24-2)17(26-4)15(8-12)25-3/h5-8,10-11,22H,9H2,1-4H3,(H,19,20)(H,21,23). The monoisotopic (exact) mass is 361 g/mol. The fourth-order valence-electron chi connectivity index (χ4n) is 2.24. The van der Waals surface area contributed by atoms with Crippen LogP contribution in [0.1, 0.15) is 17.3 Å². The lowest BCUT2D eigenvalue weighted by Crippen LogP contribution is -2.16. The summed E-state index contributed by atoms with van der Waals surface area (Å²) in [7, 11) is 4.47. The van der Waals surface area contributed by atoms with Crippen LogP contribution in [0.3, 0.4) is 0 Å². The molecule has 0 aliphatic carbocycles. The Morgan fingerprint density at radius 3 is 2.27 bits per heavy atom. The summed E-state index contributed by atoms with van der Waals surface area (Å²) in [5.41, 5.74) is 0.891. The zero-order valence-electron chi connectivity index (χ0n) is 15.2. The maximum atomic E-state index is 12.5. The van der Waals surface area contributed by atoms with Crippen LogP contribution in [-0.4, -0.2) is 50.0 Å². The summed E-state index contributed by atoms with van der Waals surface area (Å²) in [6, 6.07) is 6.58. The van der Waals surface area contributed by atoms with Crippen LogP contribution in [0.5, 0.6) is 17.2 Å². The highest BCUT2D eigenvalue weighted by atomic mass is 16.5. The highest BCUT2D eigenvalue weighted by molar-refractivity contribution is 6.05. The minimum absolute atomic E-state index is 0.337. The molecule has 0 radical (unpaired) electrons. The topological polar surface area (TPSA) is 102 Å². The van der Waals surface area contributed by atoms with E-state index in [1.165, 1.54) is 27.5 Å². The minimum atomic E-state index is -0.476. The minimum Gasteiger partial charge on any atom is -0.493 e. The van der Waals surface area contributed by atoms with Gasteiger partial charge in [-0.05, 0) is 31.2 Å². The Labute approximate surface area is 152 Å². The molecule has 0 aliphatic heterocycles. The highest BCUT2D eigenvalue weighted by Gasteiger charge is 2.17. The zero-order chi connectivity index (χ0) is 19.1. The number of hydrogen-bond acceptors (Lipinski definition) is 7. The van der Waals surface area contributed by atoms with Gasteiger partial charge in [-0.3, -0.25) is 4.79 Å². The van der Waals surface area contributed by atoms with Crippen molar-refractivity contribution < 1.29 is 24.1 Å². The molecule has 0 spiro atoms. The number of anilines is 2. The Kier molecular flexibility index (Phi) is 6.62. The van der Waals surface area contributed by atoms with Gasteiger partial charge in [0, 0.05) is 12.1 Å². The van der Waals surface area contributed by atoms with Gasteiger partial charge in [0.15, 0.2) is 11.5 Å². The van der Waals surface area contributed by atoms with Crippen molar-refractivity contribution in [2.45, 2.75) is 13.0 Å². The average Bonchev–Trinajstić information content (AvgIpc) is 2.65. The molecular formula is C18H23N3O5. The van der Waals surface area contributed by atoms with E-state index >= 15 is 0 Å². The van der Waals surface area contributed by atoms with Gasteiger partial charge < -0.3 is 30.0 Å². The van der Waals surface area contributed by atoms with Crippen LogP contribution in [0.4, 0.5) is 11.5 Å². The van der Waals surface area contributed by atoms with Crippen molar-refractivity contribution in [1.29, 1.82) is 0 Å². The molecule has 8 heteroatoms. The van der Waals surface area contributed by atoms with Crippen molar-refractivity contribution in [2.75, 3.05) is 38.5 Å². The van der Waals surface area contributed by atoms with Crippen LogP contribution in [-0.2, 0) is 0 Å². The van der Waals surface area contributed by atoms with E-state index in [9.17, 15) is 9.90 Å². The van der Waals surface area contributed by atoms with E-state index in [1.54, 1.807) is 31.2 Å². The average molecular weight is 361 g/mol. The fourth-order valence-corrected chi connectivity index (χ4v) is 2.24. The van der Waals surface area contributed by atoms with Gasteiger partial charge in [0.05, 0.1) is 39.3 Å². The lowest BCUT2D eigenvalue weighted by Gasteiger charge is -2.14. The SMILES string of the molecule is COc1cc(C(=O)Nc2ccc(NCC(C)O)nc2)cc(OC)c1OC. The fraction of sp³-hybridized carbons (Fsp3) is 0.333. The molecule has 0 saturated heterocycles. The van der Waals surface area contributed by atoms with Gasteiger partial charge in [0.1, 0.15) is 5.82 Å². The van der Waals surface area contributed by atoms with E-state index < -0.39 is 6.10 Å². The number of nitrogens with zero attached hydrogens (tertiary/aromatic N) is 1. The van der Waals surface area contributed by atoms with E-state index in [1.807, 2.05) is 0 Å². The highest BCUT2D eigenvalue weighted by Crippen LogP contribution is 2.38. The number of nitrogens with one attached hydrogen (secondary N) is 2. The Hall–Kier alpha value is -3.00. The molecule has 1 amide bonds. The van der Waals surface area contributed by atoms with Gasteiger partial charge in [-0.1, -0.05) is 0 Å². The van der Waals surface area contributed by atoms with Gasteiger partial charge in [-0.2, -0.15) is 0 Å². The summed E-state index contributed by atoms with van der Waals surface area (Å²) in [5.74, 6) is 1.48. The van der Waals surface area contributed by atoms with Gasteiger partial charge in [-0.25, -0.2) is 4.98 Å². The predicted molar refractivity (Wildman–Crippen MR) is 98.5 cm³/mol. The van der Waals surface area contributed by atoms with E-state index in [2.05, 4.69) is 15.6 Å². The predicted octanol–water partition coefficient (Wildman–Crippen LogP) is 2.15. The number of ether oxygens (including phenoxy) is 3. The third kappa shape index (κ3) is 4.76. The first-order valence-electron chi connectivity index (χ1n) is 7.97. The summed E-state index contributed by atoms with van der Waals surface area (Å²) >= 11 is 0. The van der Waals surface area contributed by atoms with Crippen molar-refractivity contribution in [2.24, 2.45) is 0 Å². The zero-order valence-corrected chi connectivity index (χ0v) is 15.2. The first-order valence-corrected chi connectivity index (χ1v) is 7.97. The molecule has 0 bridgehead atoms. The maximum Gasteiger partial charge on any atom is 0.255 e. The first-order chi connectivity index (χ1) is 12.5. The quantitative estimate of drug-likeness (QED) is 0.662. The smallest absolute Gasteiger partial charge is 0.255 e. The maximum absolute atomic E-state index is 12.5. The number of rotatable bonds is 8. The van der Waals surface area contributed by atoms with Crippen LogP contribution >= 0.6 is 0 Å². The molecule has 0 saturated carbocycles. The Balaban J connectivity index is 2.14. The second-order valence-corrected chi connectivity index (χ2v) is 5.53. The number of aliphatic hydroxyl groups excluding tert-OH is 1. The summed E-state index contributed by atoms with van der Waals surface area (Å²) in [6.45, 7) is 2.07. The van der Waals surface area contributed by atoms with Gasteiger partial charge in [-0.15, -0.1) is 0 Å². The third-order valence-electron chi connectivity index (χ3n) is 3.53. The molecule has 2 rings (SSSR count). The number of pyridine rings is 1. The molecule has 26 heavy (non-hydrogen) atoms. The molecule has 1 aromatic heterocycles. The Bertz CT molecular complexity index is 722. The van der Waals surface area contributed by atoms with Crippen molar-refractivity contribution in [3.05, 3.63) is 36.0 Å². The molecule has 3 N–H and O–H groups in total. The van der Waals surface area contributed by atoms with E-state index in [0.717, 1.165) is 0 Å². The van der Waals surface area contributed by atoms with Crippen molar-refractivity contribution in [3.63, 3.8) is 0 Å². The molecule has 1 unspecified atom stereocenters. The summed E-state index contributed by atoms with van der Waals surface area (Å²) in [5, 5.41) is 15.0. The summed E-state index contributed by atoms with van der Waals surface area (Å²) in [4.78, 5) is 16.7. The van der Waals surface area contributed by atoms with Crippen LogP contribution in [0.2, 0.25) is 0 Å². The molecule has 0 aliphatic rings. The lowest BCUT2D eigenvalue weighted by atomic mass is 10.1. The number of aliphatic hydroxyl groups is 1. The van der Waals surface area contributed by atoms with Crippen molar-refractivity contribution in [1.82, 2.24) is 4.98 Å². The lowest BCUT2D eigenvalue weighted by molar-refractivity contribution is 0.102. The number of amides is 1. The molecule has 8 nitrogen and oxygen atoms in total. The van der Waals surface area contributed by atoms with Crippen LogP contribution < -0.4 is 24.8 Å². The number of hydrogen-bond donors (Lipinski definition) is 3. The number of aromatic nitrogens is 1. The second-order valence-electron chi connectivity index (χ2n) is 5.53. The normalized spacial score (nSPS) is 11.4. The molecule has 1 aromatic carbocycles. The third-order valence-corrected chi connectivity index (χ3v) is 3.53. The van der Waals surface area contributed by atoms with E-state index in [-0.39, 0.29) is 5.91 Å². The van der Waals surface area contributed by atoms with Crippen molar-refractivity contribution >= 4 is 17.4 Å². The molecular weight excluding hydrogens is 338 g/mol. The van der Waals surface area contributed by atoms with E-state index in [0.29, 0.717) is 40.9 Å². The first kappa shape index (κ1) is 19.3. The number of methoxy groups -OCH3 is 3. The molecule has 140 valence electrons. The van der Waals surface area contributed by atoms with Gasteiger partial charge >= 0.3 is 0 Å². The molecule has 1 atom stereocenters. The Morgan fingerprint density at radius 1 is 1.15 bits per heavy atom. The second kappa shape index (κ2) is 8.91. The van der Waals surface area contributed by atoms with Gasteiger partial charge in [0.25, 0.3) is 5.91 Å². The molecule has 1 heterocycles. The summed E-state index contributed by atoms with van der Waals surface area (Å²) in [6.07, 6.45) is 1.05. The number of benzene rings is 1. The number of carbonyl (C=O) groups is 1. The number of carbonyl (C=O) groups excluding carboxylic acids is 1. The Morgan fingerprint density at radius 2 is 1.81 bits per heavy atom. The van der Waals surface area contributed by atoms with Crippen LogP contribution in [0, 0.1) is 0 Å². The molecule has 2 aromatic rings.